The summed E-state index contributed by atoms with van der Waals surface area (Å²) in [5.41, 5.74) is 6.09. The first-order valence-electron chi connectivity index (χ1n) is 10.8. The van der Waals surface area contributed by atoms with Crippen molar-refractivity contribution in [3.63, 3.8) is 0 Å². The first-order valence-corrected chi connectivity index (χ1v) is 10.8. The minimum atomic E-state index is 0.0471. The lowest BCUT2D eigenvalue weighted by atomic mass is 9.88. The minimum Gasteiger partial charge on any atom is -0.495 e. The molecule has 0 bridgehead atoms. The molecule has 1 heterocycles. The maximum atomic E-state index is 12.6. The van der Waals surface area contributed by atoms with E-state index in [0.717, 1.165) is 53.8 Å². The molecule has 1 N–H and O–H groups in total. The number of amides is 1. The Morgan fingerprint density at radius 2 is 2.00 bits per heavy atom. The van der Waals surface area contributed by atoms with Crippen molar-refractivity contribution in [3.8, 4) is 28.3 Å². The van der Waals surface area contributed by atoms with Crippen molar-refractivity contribution >= 4 is 11.6 Å². The third-order valence-electron chi connectivity index (χ3n) is 6.39. The molecular formula is C25H26N2O3. The second-order valence-corrected chi connectivity index (χ2v) is 8.31. The smallest absolute Gasteiger partial charge is 0.224 e. The molecule has 1 amide bonds. The summed E-state index contributed by atoms with van der Waals surface area (Å²) in [6, 6.07) is 14.1. The zero-order chi connectivity index (χ0) is 20.5. The number of anilines is 1. The Bertz CT molecular complexity index is 1080. The number of carbonyl (C=O) groups excluding carboxylic acids is 1. The molecule has 0 radical (unpaired) electrons. The second-order valence-electron chi connectivity index (χ2n) is 8.31. The second kappa shape index (κ2) is 7.98. The Morgan fingerprint density at radius 3 is 2.83 bits per heavy atom. The first-order chi connectivity index (χ1) is 14.7. The normalized spacial score (nSPS) is 15.5. The lowest BCUT2D eigenvalue weighted by molar-refractivity contribution is -0.117. The van der Waals surface area contributed by atoms with Gasteiger partial charge in [0.2, 0.25) is 5.91 Å². The number of aromatic nitrogens is 1. The fourth-order valence-electron chi connectivity index (χ4n) is 4.83. The molecule has 30 heavy (non-hydrogen) atoms. The van der Waals surface area contributed by atoms with Crippen molar-refractivity contribution in [2.45, 2.75) is 44.9 Å². The topological polar surface area (TPSA) is 64.4 Å². The van der Waals surface area contributed by atoms with E-state index < -0.39 is 0 Å². The van der Waals surface area contributed by atoms with Gasteiger partial charge < -0.3 is 14.6 Å². The van der Waals surface area contributed by atoms with E-state index in [4.69, 9.17) is 9.26 Å². The van der Waals surface area contributed by atoms with Gasteiger partial charge in [-0.15, -0.1) is 0 Å². The minimum absolute atomic E-state index is 0.0471. The molecule has 2 aliphatic rings. The van der Waals surface area contributed by atoms with Gasteiger partial charge in [-0.25, -0.2) is 0 Å². The van der Waals surface area contributed by atoms with Gasteiger partial charge in [0.05, 0.1) is 12.8 Å². The van der Waals surface area contributed by atoms with Crippen LogP contribution in [0.3, 0.4) is 0 Å². The van der Waals surface area contributed by atoms with Crippen molar-refractivity contribution in [2.24, 2.45) is 5.92 Å². The van der Waals surface area contributed by atoms with Crippen LogP contribution in [0.15, 0.2) is 47.0 Å². The monoisotopic (exact) mass is 402 g/mol. The van der Waals surface area contributed by atoms with Crippen LogP contribution in [-0.4, -0.2) is 18.2 Å². The van der Waals surface area contributed by atoms with E-state index >= 15 is 0 Å². The molecule has 3 aromatic rings. The standard InChI is InChI=1S/C25H26N2O3/c1-29-22-13-11-18(15-21(22)26-23(28)14-16-6-2-3-7-16)25-20-12-10-17-8-4-5-9-19(17)24(20)27-30-25/h4-5,8-9,11,13,15-16H,2-3,6-7,10,12,14H2,1H3,(H,26,28). The number of hydrogen-bond acceptors (Lipinski definition) is 4. The molecule has 154 valence electrons. The summed E-state index contributed by atoms with van der Waals surface area (Å²) < 4.78 is 11.3. The molecule has 1 saturated carbocycles. The van der Waals surface area contributed by atoms with Crippen LogP contribution < -0.4 is 10.1 Å². The van der Waals surface area contributed by atoms with Crippen molar-refractivity contribution in [3.05, 3.63) is 53.6 Å². The molecule has 2 aliphatic carbocycles. The van der Waals surface area contributed by atoms with Crippen LogP contribution in [0.25, 0.3) is 22.6 Å². The third-order valence-corrected chi connectivity index (χ3v) is 6.39. The van der Waals surface area contributed by atoms with Crippen LogP contribution in [0, 0.1) is 5.92 Å². The highest BCUT2D eigenvalue weighted by molar-refractivity contribution is 5.93. The summed E-state index contributed by atoms with van der Waals surface area (Å²) in [6.07, 6.45) is 7.19. The zero-order valence-electron chi connectivity index (χ0n) is 17.2. The number of methoxy groups -OCH3 is 1. The lowest BCUT2D eigenvalue weighted by Gasteiger charge is -2.16. The quantitative estimate of drug-likeness (QED) is 0.600. The van der Waals surface area contributed by atoms with E-state index in [2.05, 4.69) is 28.7 Å². The van der Waals surface area contributed by atoms with Crippen molar-refractivity contribution in [1.29, 1.82) is 0 Å². The molecule has 1 fully saturated rings. The molecule has 0 spiro atoms. The largest absolute Gasteiger partial charge is 0.495 e. The van der Waals surface area contributed by atoms with Crippen LogP contribution in [0.1, 0.15) is 43.2 Å². The van der Waals surface area contributed by atoms with Gasteiger partial charge in [-0.3, -0.25) is 4.79 Å². The number of fused-ring (bicyclic) bond motifs is 3. The molecule has 0 saturated heterocycles. The summed E-state index contributed by atoms with van der Waals surface area (Å²) in [5, 5.41) is 7.44. The number of ether oxygens (including phenoxy) is 1. The molecule has 1 aromatic heterocycles. The summed E-state index contributed by atoms with van der Waals surface area (Å²) in [4.78, 5) is 12.6. The Morgan fingerprint density at radius 1 is 1.17 bits per heavy atom. The fraction of sp³-hybridized carbons (Fsp3) is 0.360. The molecule has 2 aromatic carbocycles. The van der Waals surface area contributed by atoms with E-state index in [0.29, 0.717) is 23.8 Å². The Hall–Kier alpha value is -3.08. The van der Waals surface area contributed by atoms with Gasteiger partial charge in [-0.05, 0) is 55.4 Å². The van der Waals surface area contributed by atoms with E-state index in [1.54, 1.807) is 7.11 Å². The van der Waals surface area contributed by atoms with Crippen LogP contribution in [0.4, 0.5) is 5.69 Å². The highest BCUT2D eigenvalue weighted by Gasteiger charge is 2.25. The van der Waals surface area contributed by atoms with Crippen molar-refractivity contribution in [1.82, 2.24) is 5.16 Å². The number of carbonyl (C=O) groups is 1. The highest BCUT2D eigenvalue weighted by atomic mass is 16.5. The van der Waals surface area contributed by atoms with Gasteiger partial charge in [-0.1, -0.05) is 42.3 Å². The Kier molecular flexibility index (Phi) is 5.03. The van der Waals surface area contributed by atoms with Crippen molar-refractivity contribution in [2.75, 3.05) is 12.4 Å². The van der Waals surface area contributed by atoms with Gasteiger partial charge in [-0.2, -0.15) is 0 Å². The Labute approximate surface area is 176 Å². The Balaban J connectivity index is 1.44. The SMILES string of the molecule is COc1ccc(-c2onc3c2CCc2ccccc2-3)cc1NC(=O)CC1CCCC1. The predicted molar refractivity (Wildman–Crippen MR) is 117 cm³/mol. The molecular weight excluding hydrogens is 376 g/mol. The average Bonchev–Trinajstić information content (AvgIpc) is 3.43. The predicted octanol–water partition coefficient (Wildman–Crippen LogP) is 5.63. The van der Waals surface area contributed by atoms with Crippen LogP contribution >= 0.6 is 0 Å². The highest BCUT2D eigenvalue weighted by Crippen LogP contribution is 2.40. The van der Waals surface area contributed by atoms with Gasteiger partial charge >= 0.3 is 0 Å². The molecule has 5 nitrogen and oxygen atoms in total. The fourth-order valence-corrected chi connectivity index (χ4v) is 4.83. The maximum absolute atomic E-state index is 12.6. The van der Waals surface area contributed by atoms with E-state index in [-0.39, 0.29) is 5.91 Å². The summed E-state index contributed by atoms with van der Waals surface area (Å²) in [5.74, 6) is 1.97. The van der Waals surface area contributed by atoms with Gasteiger partial charge in [0, 0.05) is 23.1 Å². The van der Waals surface area contributed by atoms with Crippen LogP contribution in [0.5, 0.6) is 5.75 Å². The maximum Gasteiger partial charge on any atom is 0.224 e. The van der Waals surface area contributed by atoms with Crippen LogP contribution in [-0.2, 0) is 17.6 Å². The summed E-state index contributed by atoms with van der Waals surface area (Å²) in [7, 11) is 1.62. The first kappa shape index (κ1) is 18.9. The molecule has 0 unspecified atom stereocenters. The number of hydrogen-bond donors (Lipinski definition) is 1. The van der Waals surface area contributed by atoms with Crippen LogP contribution in [0.2, 0.25) is 0 Å². The number of nitrogens with zero attached hydrogens (tertiary/aromatic N) is 1. The van der Waals surface area contributed by atoms with E-state index in [1.807, 2.05) is 24.3 Å². The third kappa shape index (κ3) is 3.49. The summed E-state index contributed by atoms with van der Waals surface area (Å²) >= 11 is 0. The molecule has 5 rings (SSSR count). The molecule has 0 aliphatic heterocycles. The number of rotatable bonds is 5. The zero-order valence-corrected chi connectivity index (χ0v) is 17.2. The molecule has 5 heteroatoms. The number of benzene rings is 2. The average molecular weight is 402 g/mol. The van der Waals surface area contributed by atoms with E-state index in [1.165, 1.54) is 18.4 Å². The van der Waals surface area contributed by atoms with Gasteiger partial charge in [0.25, 0.3) is 0 Å². The van der Waals surface area contributed by atoms with Gasteiger partial charge in [0.15, 0.2) is 5.76 Å². The lowest BCUT2D eigenvalue weighted by Crippen LogP contribution is -2.15. The van der Waals surface area contributed by atoms with Crippen molar-refractivity contribution < 1.29 is 14.1 Å². The number of aryl methyl sites for hydroxylation is 1. The van der Waals surface area contributed by atoms with E-state index in [9.17, 15) is 4.79 Å². The van der Waals surface area contributed by atoms with Gasteiger partial charge in [0.1, 0.15) is 11.4 Å². The molecule has 0 atom stereocenters. The number of nitrogens with one attached hydrogen (secondary N) is 1. The summed E-state index contributed by atoms with van der Waals surface area (Å²) in [6.45, 7) is 0.